The van der Waals surface area contributed by atoms with Crippen molar-refractivity contribution < 1.29 is 14.3 Å². The Morgan fingerprint density at radius 2 is 2.05 bits per heavy atom. The van der Waals surface area contributed by atoms with E-state index in [9.17, 15) is 9.59 Å². The third kappa shape index (κ3) is 2.51. The number of hydrogen-bond donors (Lipinski definition) is 1. The second kappa shape index (κ2) is 5.08. The van der Waals surface area contributed by atoms with Crippen molar-refractivity contribution in [2.24, 2.45) is 11.3 Å². The van der Waals surface area contributed by atoms with E-state index in [1.165, 1.54) is 0 Å². The van der Waals surface area contributed by atoms with E-state index >= 15 is 0 Å². The van der Waals surface area contributed by atoms with Gasteiger partial charge in [-0.15, -0.1) is 0 Å². The Bertz CT molecular complexity index is 526. The average molecular weight is 277 g/mol. The van der Waals surface area contributed by atoms with Gasteiger partial charge in [0, 0.05) is 29.3 Å². The van der Waals surface area contributed by atoms with Gasteiger partial charge in [0.15, 0.2) is 5.78 Å². The molecule has 0 aromatic rings. The summed E-state index contributed by atoms with van der Waals surface area (Å²) in [5, 5.41) is 3.26. The average Bonchev–Trinajstić information content (AvgIpc) is 2.25. The number of dihydropyridines is 1. The van der Waals surface area contributed by atoms with Crippen LogP contribution in [0.4, 0.5) is 0 Å². The number of allylic oxidation sites excluding steroid dienone is 3. The van der Waals surface area contributed by atoms with Crippen LogP contribution in [0.15, 0.2) is 22.5 Å². The molecule has 1 atom stereocenters. The van der Waals surface area contributed by atoms with E-state index in [0.29, 0.717) is 18.6 Å². The molecule has 0 fully saturated rings. The highest BCUT2D eigenvalue weighted by molar-refractivity contribution is 6.02. The van der Waals surface area contributed by atoms with Crippen LogP contribution in [0.3, 0.4) is 0 Å². The van der Waals surface area contributed by atoms with Gasteiger partial charge in [-0.2, -0.15) is 0 Å². The predicted molar refractivity (Wildman–Crippen MR) is 76.7 cm³/mol. The number of carbonyl (C=O) groups is 2. The number of carbonyl (C=O) groups excluding carboxylic acids is 2. The smallest absolute Gasteiger partial charge is 0.336 e. The second-order valence-electron chi connectivity index (χ2n) is 6.44. The van der Waals surface area contributed by atoms with Crippen LogP contribution in [-0.4, -0.2) is 18.4 Å². The first-order valence-electron chi connectivity index (χ1n) is 7.18. The van der Waals surface area contributed by atoms with E-state index in [1.807, 2.05) is 13.8 Å². The van der Waals surface area contributed by atoms with Crippen LogP contribution >= 0.6 is 0 Å². The van der Waals surface area contributed by atoms with Crippen molar-refractivity contribution in [2.75, 3.05) is 6.61 Å². The Labute approximate surface area is 120 Å². The van der Waals surface area contributed by atoms with Crippen molar-refractivity contribution in [3.05, 3.63) is 22.5 Å². The van der Waals surface area contributed by atoms with Crippen molar-refractivity contribution in [3.63, 3.8) is 0 Å². The second-order valence-corrected chi connectivity index (χ2v) is 6.44. The summed E-state index contributed by atoms with van der Waals surface area (Å²) in [6, 6.07) is 0. The Balaban J connectivity index is 2.37. The molecule has 0 spiro atoms. The Kier molecular flexibility index (Phi) is 3.76. The lowest BCUT2D eigenvalue weighted by molar-refractivity contribution is -0.139. The standard InChI is InChI=1S/C16H23NO3/c1-6-20-15(19)13-9(2)14-11(17-10(13)3)7-16(4,5)8-12(14)18/h9,17H,6-8H2,1-5H3/t9-/m0/s1. The molecule has 110 valence electrons. The van der Waals surface area contributed by atoms with Gasteiger partial charge < -0.3 is 10.1 Å². The summed E-state index contributed by atoms with van der Waals surface area (Å²) in [6.07, 6.45) is 1.37. The summed E-state index contributed by atoms with van der Waals surface area (Å²) < 4.78 is 5.11. The summed E-state index contributed by atoms with van der Waals surface area (Å²) in [7, 11) is 0. The molecule has 4 heteroatoms. The van der Waals surface area contributed by atoms with Crippen molar-refractivity contribution in [1.29, 1.82) is 0 Å². The highest BCUT2D eigenvalue weighted by Gasteiger charge is 2.40. The molecule has 1 aliphatic heterocycles. The lowest BCUT2D eigenvalue weighted by Gasteiger charge is -2.38. The van der Waals surface area contributed by atoms with Crippen LogP contribution in [0, 0.1) is 11.3 Å². The summed E-state index contributed by atoms with van der Waals surface area (Å²) in [4.78, 5) is 24.5. The van der Waals surface area contributed by atoms with Crippen LogP contribution in [0.25, 0.3) is 0 Å². The molecule has 2 rings (SSSR count). The lowest BCUT2D eigenvalue weighted by atomic mass is 9.70. The van der Waals surface area contributed by atoms with E-state index in [-0.39, 0.29) is 23.1 Å². The molecule has 0 amide bonds. The van der Waals surface area contributed by atoms with Crippen LogP contribution in [0.5, 0.6) is 0 Å². The largest absolute Gasteiger partial charge is 0.463 e. The zero-order valence-corrected chi connectivity index (χ0v) is 12.9. The number of hydrogen-bond acceptors (Lipinski definition) is 4. The van der Waals surface area contributed by atoms with Crippen LogP contribution in [0.1, 0.15) is 47.5 Å². The van der Waals surface area contributed by atoms with Gasteiger partial charge in [-0.25, -0.2) is 4.79 Å². The first-order valence-corrected chi connectivity index (χ1v) is 7.18. The molecule has 4 nitrogen and oxygen atoms in total. The first-order chi connectivity index (χ1) is 9.26. The van der Waals surface area contributed by atoms with Crippen LogP contribution in [0.2, 0.25) is 0 Å². The zero-order chi connectivity index (χ0) is 15.1. The molecule has 0 radical (unpaired) electrons. The first kappa shape index (κ1) is 14.8. The van der Waals surface area contributed by atoms with Crippen molar-refractivity contribution >= 4 is 11.8 Å². The number of rotatable bonds is 2. The van der Waals surface area contributed by atoms with Crippen LogP contribution in [-0.2, 0) is 14.3 Å². The molecule has 0 aromatic heterocycles. The van der Waals surface area contributed by atoms with Crippen LogP contribution < -0.4 is 5.32 Å². The molecule has 1 heterocycles. The maximum absolute atomic E-state index is 12.4. The fourth-order valence-corrected chi connectivity index (χ4v) is 3.25. The molecule has 1 aliphatic carbocycles. The highest BCUT2D eigenvalue weighted by Crippen LogP contribution is 2.42. The quantitative estimate of drug-likeness (QED) is 0.788. The zero-order valence-electron chi connectivity index (χ0n) is 12.9. The number of nitrogens with one attached hydrogen (secondary N) is 1. The molecule has 1 N–H and O–H groups in total. The normalized spacial score (nSPS) is 25.2. The van der Waals surface area contributed by atoms with E-state index < -0.39 is 0 Å². The predicted octanol–water partition coefficient (Wildman–Crippen LogP) is 2.71. The van der Waals surface area contributed by atoms with Crippen molar-refractivity contribution in [2.45, 2.75) is 47.5 Å². The van der Waals surface area contributed by atoms with Crippen molar-refractivity contribution in [1.82, 2.24) is 5.32 Å². The number of Topliss-reactive ketones (excluding diaryl/α,β-unsaturated/α-hetero) is 1. The molecule has 0 bridgehead atoms. The van der Waals surface area contributed by atoms with Gasteiger partial charge in [0.2, 0.25) is 0 Å². The fourth-order valence-electron chi connectivity index (χ4n) is 3.25. The number of esters is 1. The molecule has 0 unspecified atom stereocenters. The minimum Gasteiger partial charge on any atom is -0.463 e. The van der Waals surface area contributed by atoms with E-state index in [2.05, 4.69) is 19.2 Å². The summed E-state index contributed by atoms with van der Waals surface area (Å²) in [5.74, 6) is -0.367. The number of ether oxygens (including phenoxy) is 1. The Morgan fingerprint density at radius 1 is 1.40 bits per heavy atom. The molecule has 2 aliphatic rings. The minimum atomic E-state index is -0.325. The molecule has 0 saturated carbocycles. The molecular weight excluding hydrogens is 254 g/mol. The van der Waals surface area contributed by atoms with E-state index in [0.717, 1.165) is 23.4 Å². The fraction of sp³-hybridized carbons (Fsp3) is 0.625. The Hall–Kier alpha value is -1.58. The highest BCUT2D eigenvalue weighted by atomic mass is 16.5. The molecule has 20 heavy (non-hydrogen) atoms. The summed E-state index contributed by atoms with van der Waals surface area (Å²) in [5.41, 5.74) is 3.10. The lowest BCUT2D eigenvalue weighted by Crippen LogP contribution is -2.38. The minimum absolute atomic E-state index is 0.0235. The third-order valence-corrected chi connectivity index (χ3v) is 4.02. The maximum atomic E-state index is 12.4. The Morgan fingerprint density at radius 3 is 2.65 bits per heavy atom. The van der Waals surface area contributed by atoms with Gasteiger partial charge in [0.1, 0.15) is 0 Å². The number of ketones is 1. The maximum Gasteiger partial charge on any atom is 0.336 e. The van der Waals surface area contributed by atoms with E-state index in [4.69, 9.17) is 4.74 Å². The monoisotopic (exact) mass is 277 g/mol. The molecule has 0 saturated heterocycles. The summed E-state index contributed by atoms with van der Waals surface area (Å²) >= 11 is 0. The summed E-state index contributed by atoms with van der Waals surface area (Å²) in [6.45, 7) is 10.1. The van der Waals surface area contributed by atoms with Gasteiger partial charge in [-0.05, 0) is 25.7 Å². The van der Waals surface area contributed by atoms with Gasteiger partial charge in [-0.3, -0.25) is 4.79 Å². The van der Waals surface area contributed by atoms with E-state index in [1.54, 1.807) is 6.92 Å². The molecule has 0 aromatic carbocycles. The SMILES string of the molecule is CCOC(=O)C1=C(C)NC2=C(C(=O)CC(C)(C)C2)[C@H]1C. The third-order valence-electron chi connectivity index (χ3n) is 4.02. The van der Waals surface area contributed by atoms with Gasteiger partial charge >= 0.3 is 5.97 Å². The molecular formula is C16H23NO3. The van der Waals surface area contributed by atoms with Gasteiger partial charge in [0.25, 0.3) is 0 Å². The van der Waals surface area contributed by atoms with Crippen molar-refractivity contribution in [3.8, 4) is 0 Å². The van der Waals surface area contributed by atoms with Gasteiger partial charge in [-0.1, -0.05) is 20.8 Å². The van der Waals surface area contributed by atoms with Gasteiger partial charge in [0.05, 0.1) is 12.2 Å². The topological polar surface area (TPSA) is 55.4 Å².